The largest absolute Gasteiger partial charge is 0.508 e. The van der Waals surface area contributed by atoms with E-state index in [0.29, 0.717) is 27.2 Å². The van der Waals surface area contributed by atoms with Gasteiger partial charge in [0, 0.05) is 22.0 Å². The van der Waals surface area contributed by atoms with E-state index in [4.69, 9.17) is 11.6 Å². The van der Waals surface area contributed by atoms with Crippen LogP contribution in [0.1, 0.15) is 50.7 Å². The zero-order valence-electron chi connectivity index (χ0n) is 27.7. The number of hydrogen-bond acceptors (Lipinski definition) is 6. The van der Waals surface area contributed by atoms with Crippen molar-refractivity contribution in [1.82, 2.24) is 9.91 Å². The first kappa shape index (κ1) is 32.2. The van der Waals surface area contributed by atoms with E-state index in [-0.39, 0.29) is 30.4 Å². The van der Waals surface area contributed by atoms with Gasteiger partial charge in [-0.15, -0.1) is 0 Å². The molecule has 4 amide bonds. The molecule has 2 aliphatic heterocycles. The molecule has 254 valence electrons. The predicted molar refractivity (Wildman–Crippen MR) is 186 cm³/mol. The van der Waals surface area contributed by atoms with Gasteiger partial charge in [0.15, 0.2) is 0 Å². The molecule has 0 aromatic heterocycles. The van der Waals surface area contributed by atoms with E-state index in [1.54, 1.807) is 36.4 Å². The summed E-state index contributed by atoms with van der Waals surface area (Å²) < 4.78 is 13.9. The van der Waals surface area contributed by atoms with Gasteiger partial charge in [-0.05, 0) is 98.3 Å². The fourth-order valence-corrected chi connectivity index (χ4v) is 9.34. The van der Waals surface area contributed by atoms with Crippen LogP contribution in [0.15, 0.2) is 96.6 Å². The Kier molecular flexibility index (Phi) is 7.25. The summed E-state index contributed by atoms with van der Waals surface area (Å²) in [6.45, 7) is 5.49. The van der Waals surface area contributed by atoms with Crippen LogP contribution in [0.2, 0.25) is 5.02 Å². The molecule has 8 nitrogen and oxygen atoms in total. The predicted octanol–water partition coefficient (Wildman–Crippen LogP) is 7.12. The third-order valence-electron chi connectivity index (χ3n) is 11.2. The number of nitrogens with zero attached hydrogens (tertiary/aromatic N) is 2. The van der Waals surface area contributed by atoms with Crippen LogP contribution in [0.4, 0.5) is 10.1 Å². The molecule has 3 fully saturated rings. The van der Waals surface area contributed by atoms with Gasteiger partial charge in [0.25, 0.3) is 11.8 Å². The second-order valence-electron chi connectivity index (χ2n) is 14.8. The first-order valence-electron chi connectivity index (χ1n) is 16.8. The smallest absolute Gasteiger partial charge is 0.260 e. The van der Waals surface area contributed by atoms with Gasteiger partial charge in [-0.2, -0.15) is 5.01 Å². The lowest BCUT2D eigenvalue weighted by Gasteiger charge is -2.51. The van der Waals surface area contributed by atoms with Crippen LogP contribution in [0.5, 0.6) is 5.75 Å². The number of anilines is 1. The maximum absolute atomic E-state index is 15.4. The van der Waals surface area contributed by atoms with Crippen molar-refractivity contribution < 1.29 is 28.7 Å². The van der Waals surface area contributed by atoms with E-state index < -0.39 is 58.2 Å². The molecule has 2 aliphatic carbocycles. The number of nitrogens with one attached hydrogen (secondary N) is 1. The van der Waals surface area contributed by atoms with Crippen molar-refractivity contribution >= 4 is 51.7 Å². The third kappa shape index (κ3) is 4.48. The summed E-state index contributed by atoms with van der Waals surface area (Å²) in [5.74, 6) is -5.99. The molecule has 4 aromatic carbocycles. The van der Waals surface area contributed by atoms with Gasteiger partial charge in [0.05, 0.1) is 28.9 Å². The number of halogens is 2. The zero-order chi connectivity index (χ0) is 35.3. The Balaban J connectivity index is 1.41. The molecule has 0 spiro atoms. The van der Waals surface area contributed by atoms with Gasteiger partial charge in [-0.1, -0.05) is 65.7 Å². The average Bonchev–Trinajstić information content (AvgIpc) is 3.47. The normalized spacial score (nSPS) is 27.7. The third-order valence-corrected chi connectivity index (χ3v) is 11.4. The molecule has 4 aromatic rings. The number of phenolic OH excluding ortho intramolecular Hbond substituents is 1. The van der Waals surface area contributed by atoms with Crippen LogP contribution in [-0.4, -0.2) is 44.2 Å². The highest BCUT2D eigenvalue weighted by atomic mass is 35.5. The quantitative estimate of drug-likeness (QED) is 0.174. The van der Waals surface area contributed by atoms with E-state index in [2.05, 4.69) is 5.43 Å². The minimum atomic E-state index is -1.60. The van der Waals surface area contributed by atoms with Crippen LogP contribution < -0.4 is 5.43 Å². The topological polar surface area (TPSA) is 107 Å². The van der Waals surface area contributed by atoms with Crippen LogP contribution in [0, 0.1) is 29.5 Å². The SMILES string of the molecule is CC(C)(C)N1C(=O)[C@H]2[C@H](CC=C3[C@H]2C[C@H]2C(=O)N(Nc4ccc(F)cc4)C(=O)[C@@]2(c2ccc(Cl)cc2)[C@H]3c2c(O)ccc3ccccc23)C1=O. The van der Waals surface area contributed by atoms with Gasteiger partial charge in [-0.3, -0.25) is 29.5 Å². The Morgan fingerprint density at radius 2 is 1.56 bits per heavy atom. The number of hydrogen-bond donors (Lipinski definition) is 2. The summed E-state index contributed by atoms with van der Waals surface area (Å²) in [6, 6.07) is 23.1. The number of benzene rings is 4. The molecule has 6 atom stereocenters. The van der Waals surface area contributed by atoms with Gasteiger partial charge in [0.2, 0.25) is 11.8 Å². The molecule has 0 radical (unpaired) electrons. The standard InChI is InChI=1S/C40H35ClFN3O5/c1-39(2,3)44-35(47)28-18-17-27-29(32(28)37(44)49)20-30-36(48)45(43-25-15-13-24(42)14-16-25)38(50)40(30,22-9-11-23(41)12-10-22)34(27)33-26-7-5-4-6-21(26)8-19-31(33)46/h4-17,19,28-30,32,34,43,46H,18,20H2,1-3H3/t28-,29+,30-,32-,34+,40+/m0/s1. The Morgan fingerprint density at radius 3 is 2.26 bits per heavy atom. The molecule has 10 heteroatoms. The molecule has 8 rings (SSSR count). The summed E-state index contributed by atoms with van der Waals surface area (Å²) in [5, 5.41) is 14.8. The van der Waals surface area contributed by atoms with Crippen molar-refractivity contribution in [2.24, 2.45) is 23.7 Å². The van der Waals surface area contributed by atoms with E-state index in [9.17, 15) is 23.9 Å². The van der Waals surface area contributed by atoms with E-state index in [1.807, 2.05) is 51.1 Å². The molecule has 0 unspecified atom stereocenters. The number of amides is 4. The fraction of sp³-hybridized carbons (Fsp3) is 0.300. The van der Waals surface area contributed by atoms with Crippen molar-refractivity contribution in [3.8, 4) is 5.75 Å². The number of imide groups is 2. The average molecular weight is 692 g/mol. The summed E-state index contributed by atoms with van der Waals surface area (Å²) in [6.07, 6.45) is 2.36. The molecule has 4 aliphatic rings. The highest BCUT2D eigenvalue weighted by Gasteiger charge is 2.71. The van der Waals surface area contributed by atoms with Crippen molar-refractivity contribution in [2.45, 2.75) is 50.5 Å². The van der Waals surface area contributed by atoms with Crippen molar-refractivity contribution in [1.29, 1.82) is 0 Å². The second-order valence-corrected chi connectivity index (χ2v) is 15.2. The molecule has 1 saturated carbocycles. The van der Waals surface area contributed by atoms with E-state index in [0.717, 1.165) is 16.0 Å². The number of carbonyl (C=O) groups is 4. The van der Waals surface area contributed by atoms with Crippen LogP contribution in [0.25, 0.3) is 10.8 Å². The Morgan fingerprint density at radius 1 is 0.860 bits per heavy atom. The van der Waals surface area contributed by atoms with Gasteiger partial charge in [-0.25, -0.2) is 4.39 Å². The number of phenols is 1. The van der Waals surface area contributed by atoms with Crippen molar-refractivity contribution in [3.63, 3.8) is 0 Å². The number of aromatic hydroxyl groups is 1. The van der Waals surface area contributed by atoms with E-state index in [1.165, 1.54) is 29.2 Å². The van der Waals surface area contributed by atoms with Crippen molar-refractivity contribution in [2.75, 3.05) is 5.43 Å². The number of hydrazine groups is 1. The highest BCUT2D eigenvalue weighted by molar-refractivity contribution is 6.30. The lowest BCUT2D eigenvalue weighted by molar-refractivity contribution is -0.146. The molecule has 2 saturated heterocycles. The van der Waals surface area contributed by atoms with Crippen LogP contribution >= 0.6 is 11.6 Å². The molecule has 2 heterocycles. The second kappa shape index (κ2) is 11.3. The zero-order valence-corrected chi connectivity index (χ0v) is 28.4. The number of allylic oxidation sites excluding steroid dienone is 2. The molecule has 2 N–H and O–H groups in total. The van der Waals surface area contributed by atoms with Gasteiger partial charge in [0.1, 0.15) is 11.6 Å². The van der Waals surface area contributed by atoms with Crippen LogP contribution in [-0.2, 0) is 24.6 Å². The minimum Gasteiger partial charge on any atom is -0.508 e. The minimum absolute atomic E-state index is 0.0557. The molecule has 0 bridgehead atoms. The van der Waals surface area contributed by atoms with Crippen LogP contribution in [0.3, 0.4) is 0 Å². The fourth-order valence-electron chi connectivity index (χ4n) is 9.22. The summed E-state index contributed by atoms with van der Waals surface area (Å²) in [7, 11) is 0. The van der Waals surface area contributed by atoms with Crippen molar-refractivity contribution in [3.05, 3.63) is 119 Å². The lowest BCUT2D eigenvalue weighted by atomic mass is 9.48. The van der Waals surface area contributed by atoms with Gasteiger partial charge < -0.3 is 5.11 Å². The monoisotopic (exact) mass is 691 g/mol. The molecule has 50 heavy (non-hydrogen) atoms. The molecular weight excluding hydrogens is 657 g/mol. The Labute approximate surface area is 293 Å². The first-order chi connectivity index (χ1) is 23.8. The maximum atomic E-state index is 15.4. The summed E-state index contributed by atoms with van der Waals surface area (Å²) in [4.78, 5) is 59.7. The van der Waals surface area contributed by atoms with Gasteiger partial charge >= 0.3 is 0 Å². The number of rotatable bonds is 4. The number of likely N-dealkylation sites (tertiary alicyclic amines) is 1. The summed E-state index contributed by atoms with van der Waals surface area (Å²) >= 11 is 6.38. The highest BCUT2D eigenvalue weighted by Crippen LogP contribution is 2.65. The molecular formula is C40H35ClFN3O5. The summed E-state index contributed by atoms with van der Waals surface area (Å²) in [5.41, 5.74) is 2.67. The Hall–Kier alpha value is -5.02. The Bertz CT molecular complexity index is 2140. The number of carbonyl (C=O) groups excluding carboxylic acids is 4. The lowest BCUT2D eigenvalue weighted by Crippen LogP contribution is -2.53. The maximum Gasteiger partial charge on any atom is 0.260 e. The number of fused-ring (bicyclic) bond motifs is 5. The first-order valence-corrected chi connectivity index (χ1v) is 17.2. The van der Waals surface area contributed by atoms with E-state index >= 15 is 4.79 Å².